The third-order valence-corrected chi connectivity index (χ3v) is 5.44. The minimum atomic E-state index is 0. The van der Waals surface area contributed by atoms with Gasteiger partial charge in [0.2, 0.25) is 5.91 Å². The SMILES string of the molecule is CC(c1ccc(NC(=O)C[C@@H]2CCC[C@H]2N)cc1)N1CCOCC1.Cl.Cl. The Morgan fingerprint density at radius 2 is 1.88 bits per heavy atom. The van der Waals surface area contributed by atoms with Gasteiger partial charge >= 0.3 is 0 Å². The van der Waals surface area contributed by atoms with E-state index < -0.39 is 0 Å². The topological polar surface area (TPSA) is 67.6 Å². The van der Waals surface area contributed by atoms with Crippen molar-refractivity contribution in [2.24, 2.45) is 11.7 Å². The highest BCUT2D eigenvalue weighted by atomic mass is 35.5. The number of halogens is 2. The monoisotopic (exact) mass is 403 g/mol. The summed E-state index contributed by atoms with van der Waals surface area (Å²) >= 11 is 0. The Kier molecular flexibility index (Phi) is 9.90. The molecule has 1 saturated heterocycles. The number of amides is 1. The van der Waals surface area contributed by atoms with Crippen molar-refractivity contribution in [2.45, 2.75) is 44.7 Å². The van der Waals surface area contributed by atoms with Crippen LogP contribution in [0.1, 0.15) is 44.2 Å². The second-order valence-electron chi connectivity index (χ2n) is 7.05. The number of nitrogens with two attached hydrogens (primary N) is 1. The van der Waals surface area contributed by atoms with E-state index in [9.17, 15) is 4.79 Å². The number of nitrogens with zero attached hydrogens (tertiary/aromatic N) is 1. The second-order valence-corrected chi connectivity index (χ2v) is 7.05. The molecule has 3 atom stereocenters. The van der Waals surface area contributed by atoms with Gasteiger partial charge < -0.3 is 15.8 Å². The fourth-order valence-corrected chi connectivity index (χ4v) is 3.79. The Bertz CT molecular complexity index is 550. The fraction of sp³-hybridized carbons (Fsp3) is 0.632. The Hall–Kier alpha value is -0.850. The van der Waals surface area contributed by atoms with Gasteiger partial charge in [0.05, 0.1) is 13.2 Å². The van der Waals surface area contributed by atoms with Crippen molar-refractivity contribution in [3.8, 4) is 0 Å². The lowest BCUT2D eigenvalue weighted by Crippen LogP contribution is -2.38. The van der Waals surface area contributed by atoms with Gasteiger partial charge in [-0.3, -0.25) is 9.69 Å². The molecule has 1 saturated carbocycles. The molecule has 3 rings (SSSR count). The predicted molar refractivity (Wildman–Crippen MR) is 110 cm³/mol. The van der Waals surface area contributed by atoms with Crippen LogP contribution in [0.25, 0.3) is 0 Å². The molecule has 1 aliphatic carbocycles. The molecule has 0 bridgehead atoms. The van der Waals surface area contributed by atoms with Gasteiger partial charge in [-0.2, -0.15) is 0 Å². The minimum absolute atomic E-state index is 0. The molecule has 0 aromatic heterocycles. The van der Waals surface area contributed by atoms with Crippen molar-refractivity contribution < 1.29 is 9.53 Å². The maximum atomic E-state index is 12.2. The summed E-state index contributed by atoms with van der Waals surface area (Å²) in [6.45, 7) is 5.78. The van der Waals surface area contributed by atoms with Crippen LogP contribution in [-0.4, -0.2) is 43.2 Å². The van der Waals surface area contributed by atoms with Gasteiger partial charge in [0.15, 0.2) is 0 Å². The van der Waals surface area contributed by atoms with Crippen LogP contribution in [0.3, 0.4) is 0 Å². The first-order valence-electron chi connectivity index (χ1n) is 9.10. The number of morpholine rings is 1. The van der Waals surface area contributed by atoms with E-state index in [1.165, 1.54) is 5.56 Å². The van der Waals surface area contributed by atoms with Gasteiger partial charge in [-0.1, -0.05) is 18.6 Å². The normalized spacial score (nSPS) is 24.2. The zero-order valence-electron chi connectivity index (χ0n) is 15.4. The van der Waals surface area contributed by atoms with Crippen molar-refractivity contribution in [1.29, 1.82) is 0 Å². The predicted octanol–water partition coefficient (Wildman–Crippen LogP) is 3.38. The van der Waals surface area contributed by atoms with E-state index in [0.29, 0.717) is 18.4 Å². The first-order valence-corrected chi connectivity index (χ1v) is 9.10. The molecular formula is C19H31Cl2N3O2. The molecule has 1 aliphatic heterocycles. The summed E-state index contributed by atoms with van der Waals surface area (Å²) in [7, 11) is 0. The van der Waals surface area contributed by atoms with Gasteiger partial charge in [0.25, 0.3) is 0 Å². The van der Waals surface area contributed by atoms with E-state index in [0.717, 1.165) is 51.3 Å². The van der Waals surface area contributed by atoms with Crippen molar-refractivity contribution in [2.75, 3.05) is 31.6 Å². The first kappa shape index (κ1) is 23.2. The molecule has 2 fully saturated rings. The molecule has 1 aromatic rings. The van der Waals surface area contributed by atoms with Crippen LogP contribution in [0.5, 0.6) is 0 Å². The summed E-state index contributed by atoms with van der Waals surface area (Å²) in [6.07, 6.45) is 3.80. The summed E-state index contributed by atoms with van der Waals surface area (Å²) in [4.78, 5) is 14.6. The lowest BCUT2D eigenvalue weighted by Gasteiger charge is -2.32. The van der Waals surface area contributed by atoms with Crippen molar-refractivity contribution in [1.82, 2.24) is 4.90 Å². The lowest BCUT2D eigenvalue weighted by atomic mass is 10.00. The first-order chi connectivity index (χ1) is 11.6. The lowest BCUT2D eigenvalue weighted by molar-refractivity contribution is -0.117. The number of hydrogen-bond donors (Lipinski definition) is 2. The van der Waals surface area contributed by atoms with Crippen LogP contribution in [0, 0.1) is 5.92 Å². The molecule has 1 unspecified atom stereocenters. The molecule has 1 amide bonds. The second kappa shape index (κ2) is 11.1. The standard InChI is InChI=1S/C19H29N3O2.2ClH/c1-14(22-9-11-24-12-10-22)15-5-7-17(8-6-15)21-19(23)13-16-3-2-4-18(16)20;;/h5-8,14,16,18H,2-4,9-13,20H2,1H3,(H,21,23);2*1H/t14?,16-,18+;;/m0../s1. The van der Waals surface area contributed by atoms with Gasteiger partial charge in [-0.25, -0.2) is 0 Å². The molecule has 0 radical (unpaired) electrons. The van der Waals surface area contributed by atoms with E-state index >= 15 is 0 Å². The average molecular weight is 404 g/mol. The Morgan fingerprint density at radius 3 is 2.46 bits per heavy atom. The molecule has 26 heavy (non-hydrogen) atoms. The largest absolute Gasteiger partial charge is 0.379 e. The van der Waals surface area contributed by atoms with E-state index in [4.69, 9.17) is 10.5 Å². The average Bonchev–Trinajstić information content (AvgIpc) is 3.00. The van der Waals surface area contributed by atoms with Crippen molar-refractivity contribution >= 4 is 36.4 Å². The van der Waals surface area contributed by atoms with Gasteiger partial charge in [0, 0.05) is 37.3 Å². The highest BCUT2D eigenvalue weighted by Crippen LogP contribution is 2.27. The molecular weight excluding hydrogens is 373 g/mol. The summed E-state index contributed by atoms with van der Waals surface area (Å²) < 4.78 is 5.41. The molecule has 2 aliphatic rings. The molecule has 7 heteroatoms. The number of benzene rings is 1. The van der Waals surface area contributed by atoms with Crippen molar-refractivity contribution in [3.05, 3.63) is 29.8 Å². The van der Waals surface area contributed by atoms with Crippen LogP contribution < -0.4 is 11.1 Å². The molecule has 1 aromatic carbocycles. The quantitative estimate of drug-likeness (QED) is 0.790. The Labute approximate surface area is 168 Å². The number of anilines is 1. The Balaban J connectivity index is 0.00000169. The summed E-state index contributed by atoms with van der Waals surface area (Å²) in [6, 6.07) is 8.77. The van der Waals surface area contributed by atoms with Crippen LogP contribution in [0.4, 0.5) is 5.69 Å². The minimum Gasteiger partial charge on any atom is -0.379 e. The maximum Gasteiger partial charge on any atom is 0.224 e. The number of rotatable bonds is 5. The Morgan fingerprint density at radius 1 is 1.23 bits per heavy atom. The molecule has 1 heterocycles. The number of carbonyl (C=O) groups is 1. The molecule has 3 N–H and O–H groups in total. The molecule has 5 nitrogen and oxygen atoms in total. The number of nitrogens with one attached hydrogen (secondary N) is 1. The summed E-state index contributed by atoms with van der Waals surface area (Å²) in [5.74, 6) is 0.414. The number of hydrogen-bond acceptors (Lipinski definition) is 4. The number of carbonyl (C=O) groups excluding carboxylic acids is 1. The summed E-state index contributed by atoms with van der Waals surface area (Å²) in [5.41, 5.74) is 8.19. The van der Waals surface area contributed by atoms with Gasteiger partial charge in [0.1, 0.15) is 0 Å². The zero-order valence-corrected chi connectivity index (χ0v) is 17.0. The third-order valence-electron chi connectivity index (χ3n) is 5.44. The van der Waals surface area contributed by atoms with E-state index in [-0.39, 0.29) is 36.8 Å². The van der Waals surface area contributed by atoms with E-state index in [1.54, 1.807) is 0 Å². The van der Waals surface area contributed by atoms with Crippen molar-refractivity contribution in [3.63, 3.8) is 0 Å². The third kappa shape index (κ3) is 6.10. The fourth-order valence-electron chi connectivity index (χ4n) is 3.79. The zero-order chi connectivity index (χ0) is 16.9. The smallest absolute Gasteiger partial charge is 0.224 e. The van der Waals surface area contributed by atoms with Crippen LogP contribution in [0.15, 0.2) is 24.3 Å². The van der Waals surface area contributed by atoms with E-state index in [1.807, 2.05) is 12.1 Å². The number of ether oxygens (including phenoxy) is 1. The van der Waals surface area contributed by atoms with Crippen LogP contribution >= 0.6 is 24.8 Å². The molecule has 148 valence electrons. The van der Waals surface area contributed by atoms with Gasteiger partial charge in [-0.15, -0.1) is 24.8 Å². The highest BCUT2D eigenvalue weighted by Gasteiger charge is 2.26. The van der Waals surface area contributed by atoms with E-state index in [2.05, 4.69) is 29.3 Å². The van der Waals surface area contributed by atoms with Gasteiger partial charge in [-0.05, 0) is 43.4 Å². The summed E-state index contributed by atoms with van der Waals surface area (Å²) in [5, 5.41) is 3.01. The highest BCUT2D eigenvalue weighted by molar-refractivity contribution is 5.90. The maximum absolute atomic E-state index is 12.2. The molecule has 0 spiro atoms. The van der Waals surface area contributed by atoms with Crippen LogP contribution in [-0.2, 0) is 9.53 Å². The van der Waals surface area contributed by atoms with Crippen LogP contribution in [0.2, 0.25) is 0 Å².